The van der Waals surface area contributed by atoms with Gasteiger partial charge < -0.3 is 10.1 Å². The van der Waals surface area contributed by atoms with Crippen LogP contribution in [0.25, 0.3) is 0 Å². The van der Waals surface area contributed by atoms with Gasteiger partial charge in [0.05, 0.1) is 10.6 Å². The normalized spacial score (nSPS) is 11.8. The molecule has 2 aromatic carbocycles. The third-order valence-electron chi connectivity index (χ3n) is 4.61. The van der Waals surface area contributed by atoms with Crippen LogP contribution >= 0.6 is 0 Å². The Labute approximate surface area is 167 Å². The fraction of sp³-hybridized carbons (Fsp3) is 0.381. The number of amides is 1. The number of hydrogen-bond acceptors (Lipinski definition) is 4. The standard InChI is InChI=1S/C21H28N2O4S/c1-6-21(3,4)22-20(24)15-27-18-11-9-17(10-12-18)23(5)28(25,26)19-13-7-16(2)8-14-19/h7-14H,6,15H2,1-5H3,(H,22,24). The molecule has 0 radical (unpaired) electrons. The maximum Gasteiger partial charge on any atom is 0.264 e. The Hall–Kier alpha value is -2.54. The van der Waals surface area contributed by atoms with Gasteiger partial charge in [-0.15, -0.1) is 0 Å². The molecule has 6 nitrogen and oxygen atoms in total. The molecular weight excluding hydrogens is 376 g/mol. The van der Waals surface area contributed by atoms with Crippen LogP contribution < -0.4 is 14.4 Å². The second kappa shape index (κ2) is 8.65. The molecule has 1 amide bonds. The monoisotopic (exact) mass is 404 g/mol. The van der Waals surface area contributed by atoms with Crippen molar-refractivity contribution in [2.24, 2.45) is 0 Å². The third kappa shape index (κ3) is 5.48. The van der Waals surface area contributed by atoms with E-state index in [0.717, 1.165) is 12.0 Å². The molecule has 0 bridgehead atoms. The molecule has 0 fully saturated rings. The molecule has 0 aliphatic carbocycles. The Kier molecular flexibility index (Phi) is 6.72. The van der Waals surface area contributed by atoms with Crippen molar-refractivity contribution in [3.8, 4) is 5.75 Å². The molecule has 0 aliphatic rings. The van der Waals surface area contributed by atoms with E-state index >= 15 is 0 Å². The Morgan fingerprint density at radius 1 is 1.07 bits per heavy atom. The summed E-state index contributed by atoms with van der Waals surface area (Å²) in [6.07, 6.45) is 0.815. The van der Waals surface area contributed by atoms with Crippen LogP contribution in [0.1, 0.15) is 32.8 Å². The Morgan fingerprint density at radius 3 is 2.18 bits per heavy atom. The first-order chi connectivity index (χ1) is 13.0. The lowest BCUT2D eigenvalue weighted by atomic mass is 10.0. The van der Waals surface area contributed by atoms with E-state index in [4.69, 9.17) is 4.74 Å². The van der Waals surface area contributed by atoms with Crippen molar-refractivity contribution in [3.05, 3.63) is 54.1 Å². The average molecular weight is 405 g/mol. The number of benzene rings is 2. The van der Waals surface area contributed by atoms with E-state index in [2.05, 4.69) is 5.32 Å². The summed E-state index contributed by atoms with van der Waals surface area (Å²) in [5.41, 5.74) is 1.22. The van der Waals surface area contributed by atoms with Gasteiger partial charge in [-0.3, -0.25) is 9.10 Å². The molecule has 0 spiro atoms. The second-order valence-corrected chi connectivity index (χ2v) is 9.32. The summed E-state index contributed by atoms with van der Waals surface area (Å²) >= 11 is 0. The van der Waals surface area contributed by atoms with Gasteiger partial charge in [-0.05, 0) is 63.6 Å². The molecular formula is C21H28N2O4S. The Morgan fingerprint density at radius 2 is 1.64 bits per heavy atom. The molecule has 7 heteroatoms. The van der Waals surface area contributed by atoms with Crippen molar-refractivity contribution in [3.63, 3.8) is 0 Å². The smallest absolute Gasteiger partial charge is 0.264 e. The van der Waals surface area contributed by atoms with Crippen LogP contribution in [-0.4, -0.2) is 33.5 Å². The molecule has 1 N–H and O–H groups in total. The van der Waals surface area contributed by atoms with E-state index in [1.54, 1.807) is 48.5 Å². The van der Waals surface area contributed by atoms with Crippen LogP contribution in [-0.2, 0) is 14.8 Å². The fourth-order valence-corrected chi connectivity index (χ4v) is 3.61. The summed E-state index contributed by atoms with van der Waals surface area (Å²) in [6, 6.07) is 13.3. The first-order valence-electron chi connectivity index (χ1n) is 9.14. The molecule has 0 aromatic heterocycles. The predicted molar refractivity (Wildman–Crippen MR) is 111 cm³/mol. The molecule has 152 valence electrons. The molecule has 0 unspecified atom stereocenters. The number of ether oxygens (including phenoxy) is 1. The first kappa shape index (κ1) is 21.8. The molecule has 2 rings (SSSR count). The number of anilines is 1. The zero-order valence-electron chi connectivity index (χ0n) is 17.0. The maximum absolute atomic E-state index is 12.7. The van der Waals surface area contributed by atoms with Gasteiger partial charge in [-0.25, -0.2) is 8.42 Å². The molecule has 0 atom stereocenters. The minimum atomic E-state index is -3.64. The van der Waals surface area contributed by atoms with Crippen LogP contribution in [0, 0.1) is 6.92 Å². The lowest BCUT2D eigenvalue weighted by Gasteiger charge is -2.24. The van der Waals surface area contributed by atoms with Gasteiger partial charge in [0.15, 0.2) is 6.61 Å². The van der Waals surface area contributed by atoms with Crippen molar-refractivity contribution in [1.29, 1.82) is 0 Å². The van der Waals surface area contributed by atoms with Gasteiger partial charge in [0, 0.05) is 12.6 Å². The fourth-order valence-electron chi connectivity index (χ4n) is 2.41. The number of aryl methyl sites for hydroxylation is 1. The van der Waals surface area contributed by atoms with Gasteiger partial charge in [0.25, 0.3) is 15.9 Å². The molecule has 28 heavy (non-hydrogen) atoms. The predicted octanol–water partition coefficient (Wildman–Crippen LogP) is 3.50. The Bertz CT molecular complexity index is 904. The molecule has 2 aromatic rings. The minimum Gasteiger partial charge on any atom is -0.484 e. The second-order valence-electron chi connectivity index (χ2n) is 7.35. The van der Waals surface area contributed by atoms with Crippen LogP contribution in [0.15, 0.2) is 53.4 Å². The molecule has 0 aliphatic heterocycles. The third-order valence-corrected chi connectivity index (χ3v) is 6.41. The van der Waals surface area contributed by atoms with E-state index < -0.39 is 10.0 Å². The minimum absolute atomic E-state index is 0.0969. The summed E-state index contributed by atoms with van der Waals surface area (Å²) in [5.74, 6) is 0.296. The SMILES string of the molecule is CCC(C)(C)NC(=O)COc1ccc(N(C)S(=O)(=O)c2ccc(C)cc2)cc1. The van der Waals surface area contributed by atoms with Gasteiger partial charge in [-0.1, -0.05) is 24.6 Å². The highest BCUT2D eigenvalue weighted by molar-refractivity contribution is 7.92. The van der Waals surface area contributed by atoms with Crippen LogP contribution in [0.4, 0.5) is 5.69 Å². The van der Waals surface area contributed by atoms with Crippen LogP contribution in [0.3, 0.4) is 0 Å². The van der Waals surface area contributed by atoms with Crippen molar-refractivity contribution >= 4 is 21.6 Å². The zero-order chi connectivity index (χ0) is 20.9. The largest absolute Gasteiger partial charge is 0.484 e. The highest BCUT2D eigenvalue weighted by Crippen LogP contribution is 2.24. The zero-order valence-corrected chi connectivity index (χ0v) is 17.8. The van der Waals surface area contributed by atoms with E-state index in [1.165, 1.54) is 11.4 Å². The lowest BCUT2D eigenvalue weighted by Crippen LogP contribution is -2.44. The van der Waals surface area contributed by atoms with Crippen molar-refractivity contribution in [1.82, 2.24) is 5.32 Å². The summed E-state index contributed by atoms with van der Waals surface area (Å²) in [6.45, 7) is 7.71. The van der Waals surface area contributed by atoms with E-state index in [0.29, 0.717) is 11.4 Å². The average Bonchev–Trinajstić information content (AvgIpc) is 2.66. The van der Waals surface area contributed by atoms with Gasteiger partial charge in [0.2, 0.25) is 0 Å². The summed E-state index contributed by atoms with van der Waals surface area (Å²) in [7, 11) is -2.14. The van der Waals surface area contributed by atoms with E-state index in [9.17, 15) is 13.2 Å². The number of nitrogens with one attached hydrogen (secondary N) is 1. The first-order valence-corrected chi connectivity index (χ1v) is 10.6. The van der Waals surface area contributed by atoms with Crippen molar-refractivity contribution < 1.29 is 17.9 Å². The summed E-state index contributed by atoms with van der Waals surface area (Å²) in [5, 5.41) is 2.90. The summed E-state index contributed by atoms with van der Waals surface area (Å²) < 4.78 is 32.2. The van der Waals surface area contributed by atoms with Gasteiger partial charge in [0.1, 0.15) is 5.75 Å². The van der Waals surface area contributed by atoms with Crippen molar-refractivity contribution in [2.45, 2.75) is 44.6 Å². The molecule has 0 saturated heterocycles. The number of hydrogen-bond donors (Lipinski definition) is 1. The molecule has 0 heterocycles. The number of rotatable bonds is 8. The number of nitrogens with zero attached hydrogens (tertiary/aromatic N) is 1. The van der Waals surface area contributed by atoms with Crippen molar-refractivity contribution in [2.75, 3.05) is 18.0 Å². The van der Waals surface area contributed by atoms with Gasteiger partial charge in [-0.2, -0.15) is 0 Å². The highest BCUT2D eigenvalue weighted by atomic mass is 32.2. The summed E-state index contributed by atoms with van der Waals surface area (Å²) in [4.78, 5) is 12.2. The quantitative estimate of drug-likeness (QED) is 0.731. The maximum atomic E-state index is 12.7. The van der Waals surface area contributed by atoms with Crippen LogP contribution in [0.5, 0.6) is 5.75 Å². The van der Waals surface area contributed by atoms with E-state index in [1.807, 2.05) is 27.7 Å². The lowest BCUT2D eigenvalue weighted by molar-refractivity contribution is -0.124. The number of carbonyl (C=O) groups excluding carboxylic acids is 1. The Balaban J connectivity index is 2.03. The van der Waals surface area contributed by atoms with E-state index in [-0.39, 0.29) is 22.9 Å². The van der Waals surface area contributed by atoms with Gasteiger partial charge >= 0.3 is 0 Å². The number of carbonyl (C=O) groups is 1. The number of sulfonamides is 1. The highest BCUT2D eigenvalue weighted by Gasteiger charge is 2.21. The van der Waals surface area contributed by atoms with Crippen LogP contribution in [0.2, 0.25) is 0 Å². The topological polar surface area (TPSA) is 75.7 Å². The molecule has 0 saturated carbocycles.